The summed E-state index contributed by atoms with van der Waals surface area (Å²) in [4.78, 5) is 15.1. The maximum atomic E-state index is 10.8. The Hall–Kier alpha value is -0.650. The second-order valence-electron chi connectivity index (χ2n) is 7.52. The number of carboxylic acids is 1. The molecular formula is C18H34N2O3. The Kier molecular flexibility index (Phi) is 7.80. The van der Waals surface area contributed by atoms with E-state index in [0.717, 1.165) is 31.5 Å². The molecule has 1 unspecified atom stereocenters. The lowest BCUT2D eigenvalue weighted by atomic mass is 9.80. The molecule has 0 aromatic heterocycles. The molecule has 0 spiro atoms. The number of hydrogen-bond donors (Lipinski definition) is 1. The lowest BCUT2D eigenvalue weighted by molar-refractivity contribution is -0.138. The van der Waals surface area contributed by atoms with Crippen molar-refractivity contribution < 1.29 is 14.6 Å². The number of likely N-dealkylation sites (N-methyl/N-ethyl adjacent to an activating group) is 1. The molecule has 1 heterocycles. The van der Waals surface area contributed by atoms with Crippen LogP contribution in [-0.2, 0) is 9.53 Å². The molecule has 2 rings (SSSR count). The van der Waals surface area contributed by atoms with E-state index in [1.807, 2.05) is 11.9 Å². The summed E-state index contributed by atoms with van der Waals surface area (Å²) in [6.07, 6.45) is 8.45. The fraction of sp³-hybridized carbons (Fsp3) is 0.944. The molecule has 0 aromatic rings. The molecule has 5 heteroatoms. The first-order valence-corrected chi connectivity index (χ1v) is 9.31. The SMILES string of the molecule is CCCC1CCC(CN2CCOC(CN(C)CC(=O)O)C2)CC1. The fourth-order valence-corrected chi connectivity index (χ4v) is 4.18. The van der Waals surface area contributed by atoms with Crippen LogP contribution in [0.15, 0.2) is 0 Å². The van der Waals surface area contributed by atoms with Gasteiger partial charge in [-0.05, 0) is 31.7 Å². The molecule has 23 heavy (non-hydrogen) atoms. The number of hydrogen-bond acceptors (Lipinski definition) is 4. The van der Waals surface area contributed by atoms with Crippen LogP contribution >= 0.6 is 0 Å². The van der Waals surface area contributed by atoms with Gasteiger partial charge in [0.2, 0.25) is 0 Å². The van der Waals surface area contributed by atoms with Crippen molar-refractivity contribution in [3.63, 3.8) is 0 Å². The van der Waals surface area contributed by atoms with Crippen molar-refractivity contribution in [2.45, 2.75) is 51.6 Å². The lowest BCUT2D eigenvalue weighted by Gasteiger charge is -2.38. The standard InChI is InChI=1S/C18H34N2O3/c1-3-4-15-5-7-16(8-6-15)11-20-9-10-23-17(13-20)12-19(2)14-18(21)22/h15-17H,3-14H2,1-2H3,(H,21,22). The zero-order valence-electron chi connectivity index (χ0n) is 14.9. The van der Waals surface area contributed by atoms with Gasteiger partial charge >= 0.3 is 5.97 Å². The van der Waals surface area contributed by atoms with Gasteiger partial charge < -0.3 is 9.84 Å². The molecule has 1 saturated heterocycles. The highest BCUT2D eigenvalue weighted by Gasteiger charge is 2.26. The van der Waals surface area contributed by atoms with Crippen LogP contribution in [0.5, 0.6) is 0 Å². The van der Waals surface area contributed by atoms with Crippen LogP contribution in [0.25, 0.3) is 0 Å². The van der Waals surface area contributed by atoms with Crippen LogP contribution in [-0.4, -0.2) is 73.4 Å². The van der Waals surface area contributed by atoms with Crippen LogP contribution in [0.3, 0.4) is 0 Å². The van der Waals surface area contributed by atoms with Gasteiger partial charge in [0.05, 0.1) is 19.3 Å². The summed E-state index contributed by atoms with van der Waals surface area (Å²) in [7, 11) is 1.85. The van der Waals surface area contributed by atoms with Gasteiger partial charge in [-0.3, -0.25) is 14.6 Å². The zero-order chi connectivity index (χ0) is 16.7. The minimum Gasteiger partial charge on any atom is -0.480 e. The fourth-order valence-electron chi connectivity index (χ4n) is 4.18. The predicted octanol–water partition coefficient (Wildman–Crippen LogP) is 2.31. The van der Waals surface area contributed by atoms with Crippen molar-refractivity contribution in [1.29, 1.82) is 0 Å². The molecule has 5 nitrogen and oxygen atoms in total. The van der Waals surface area contributed by atoms with E-state index in [1.54, 1.807) is 0 Å². The number of ether oxygens (including phenoxy) is 1. The van der Waals surface area contributed by atoms with Crippen molar-refractivity contribution in [2.24, 2.45) is 11.8 Å². The minimum absolute atomic E-state index is 0.0846. The Morgan fingerprint density at radius 2 is 1.96 bits per heavy atom. The number of morpholine rings is 1. The Bertz CT molecular complexity index is 356. The van der Waals surface area contributed by atoms with Crippen molar-refractivity contribution in [1.82, 2.24) is 9.80 Å². The topological polar surface area (TPSA) is 53.0 Å². The number of nitrogens with zero attached hydrogens (tertiary/aromatic N) is 2. The molecule has 0 bridgehead atoms. The summed E-state index contributed by atoms with van der Waals surface area (Å²) >= 11 is 0. The number of carboxylic acid groups (broad SMARTS) is 1. The summed E-state index contributed by atoms with van der Waals surface area (Å²) in [5.41, 5.74) is 0. The highest BCUT2D eigenvalue weighted by atomic mass is 16.5. The number of carbonyl (C=O) groups is 1. The van der Waals surface area contributed by atoms with Crippen molar-refractivity contribution >= 4 is 5.97 Å². The molecule has 134 valence electrons. The van der Waals surface area contributed by atoms with E-state index in [-0.39, 0.29) is 12.6 Å². The molecule has 0 radical (unpaired) electrons. The molecule has 1 atom stereocenters. The minimum atomic E-state index is -0.774. The quantitative estimate of drug-likeness (QED) is 0.742. The summed E-state index contributed by atoms with van der Waals surface area (Å²) in [5.74, 6) is 1.04. The van der Waals surface area contributed by atoms with E-state index in [4.69, 9.17) is 9.84 Å². The summed E-state index contributed by atoms with van der Waals surface area (Å²) in [6, 6.07) is 0. The first kappa shape index (κ1) is 18.7. The maximum Gasteiger partial charge on any atom is 0.317 e. The van der Waals surface area contributed by atoms with E-state index in [9.17, 15) is 4.79 Å². The van der Waals surface area contributed by atoms with Gasteiger partial charge in [0, 0.05) is 26.2 Å². The van der Waals surface area contributed by atoms with Gasteiger partial charge in [0.15, 0.2) is 0 Å². The summed E-state index contributed by atoms with van der Waals surface area (Å²) in [6.45, 7) is 7.01. The Balaban J connectivity index is 1.69. The highest BCUT2D eigenvalue weighted by molar-refractivity contribution is 5.68. The van der Waals surface area contributed by atoms with E-state index >= 15 is 0 Å². The Morgan fingerprint density at radius 3 is 2.61 bits per heavy atom. The van der Waals surface area contributed by atoms with Crippen LogP contribution in [0.4, 0.5) is 0 Å². The van der Waals surface area contributed by atoms with Crippen LogP contribution < -0.4 is 0 Å². The highest BCUT2D eigenvalue weighted by Crippen LogP contribution is 2.32. The number of rotatable bonds is 8. The summed E-state index contributed by atoms with van der Waals surface area (Å²) in [5, 5.41) is 8.85. The normalized spacial score (nSPS) is 29.8. The van der Waals surface area contributed by atoms with E-state index < -0.39 is 5.97 Å². The third kappa shape index (κ3) is 6.77. The second kappa shape index (κ2) is 9.60. The third-order valence-electron chi connectivity index (χ3n) is 5.32. The predicted molar refractivity (Wildman–Crippen MR) is 91.7 cm³/mol. The van der Waals surface area contributed by atoms with Crippen LogP contribution in [0, 0.1) is 11.8 Å². The van der Waals surface area contributed by atoms with Crippen molar-refractivity contribution in [3.05, 3.63) is 0 Å². The largest absolute Gasteiger partial charge is 0.480 e. The van der Waals surface area contributed by atoms with Crippen molar-refractivity contribution in [2.75, 3.05) is 46.4 Å². The molecule has 0 aromatic carbocycles. The molecular weight excluding hydrogens is 292 g/mol. The molecule has 2 aliphatic rings. The lowest BCUT2D eigenvalue weighted by Crippen LogP contribution is -2.49. The molecule has 0 amide bonds. The van der Waals surface area contributed by atoms with Crippen LogP contribution in [0.2, 0.25) is 0 Å². The Morgan fingerprint density at radius 1 is 1.26 bits per heavy atom. The monoisotopic (exact) mass is 326 g/mol. The van der Waals surface area contributed by atoms with Crippen molar-refractivity contribution in [3.8, 4) is 0 Å². The molecule has 2 fully saturated rings. The van der Waals surface area contributed by atoms with E-state index in [0.29, 0.717) is 6.54 Å². The third-order valence-corrected chi connectivity index (χ3v) is 5.32. The van der Waals surface area contributed by atoms with Gasteiger partial charge in [-0.25, -0.2) is 0 Å². The number of aliphatic carboxylic acids is 1. The van der Waals surface area contributed by atoms with E-state index in [1.165, 1.54) is 45.1 Å². The zero-order valence-corrected chi connectivity index (χ0v) is 14.9. The molecule has 1 saturated carbocycles. The van der Waals surface area contributed by atoms with Crippen LogP contribution in [0.1, 0.15) is 45.4 Å². The average Bonchev–Trinajstić information content (AvgIpc) is 2.49. The van der Waals surface area contributed by atoms with Gasteiger partial charge in [-0.2, -0.15) is 0 Å². The van der Waals surface area contributed by atoms with Gasteiger partial charge in [0.25, 0.3) is 0 Å². The second-order valence-corrected chi connectivity index (χ2v) is 7.52. The smallest absolute Gasteiger partial charge is 0.317 e. The first-order valence-electron chi connectivity index (χ1n) is 9.31. The maximum absolute atomic E-state index is 10.8. The van der Waals surface area contributed by atoms with Gasteiger partial charge in [0.1, 0.15) is 0 Å². The van der Waals surface area contributed by atoms with Gasteiger partial charge in [-0.1, -0.05) is 32.6 Å². The van der Waals surface area contributed by atoms with Gasteiger partial charge in [-0.15, -0.1) is 0 Å². The van der Waals surface area contributed by atoms with E-state index in [2.05, 4.69) is 11.8 Å². The Labute approximate surface area is 141 Å². The summed E-state index contributed by atoms with van der Waals surface area (Å²) < 4.78 is 5.82. The molecule has 1 N–H and O–H groups in total. The molecule has 1 aliphatic carbocycles. The first-order chi connectivity index (χ1) is 11.1. The average molecular weight is 326 g/mol. The molecule has 1 aliphatic heterocycles.